The number of carbonyl (C=O) groups is 1. The van der Waals surface area contributed by atoms with Crippen LogP contribution in [0.2, 0.25) is 0 Å². The van der Waals surface area contributed by atoms with Gasteiger partial charge < -0.3 is 20.1 Å². The van der Waals surface area contributed by atoms with E-state index in [1.54, 1.807) is 0 Å². The van der Waals surface area contributed by atoms with E-state index in [0.717, 1.165) is 37.0 Å². The van der Waals surface area contributed by atoms with E-state index in [9.17, 15) is 20.1 Å². The Balaban J connectivity index is 1.17. The van der Waals surface area contributed by atoms with Gasteiger partial charge in [0.1, 0.15) is 18.1 Å². The molecule has 4 aliphatic rings. The van der Waals surface area contributed by atoms with Gasteiger partial charge in [0.25, 0.3) is 0 Å². The van der Waals surface area contributed by atoms with Crippen LogP contribution >= 0.6 is 0 Å². The van der Waals surface area contributed by atoms with E-state index in [-0.39, 0.29) is 30.2 Å². The van der Waals surface area contributed by atoms with Gasteiger partial charge in [0.2, 0.25) is 0 Å². The fraction of sp³-hybridized carbons (Fsp3) is 0.774. The molecule has 0 unspecified atom stereocenters. The Morgan fingerprint density at radius 2 is 1.67 bits per heavy atom. The smallest absolute Gasteiger partial charge is 0.306 e. The highest BCUT2D eigenvalue weighted by molar-refractivity contribution is 5.69. The molecule has 4 fully saturated rings. The Labute approximate surface area is 216 Å². The molecule has 5 heteroatoms. The standard InChI is InChI=1S/C31H46O5/c1-19(4-9-29(35)36-18-20-14-23(33)17-24(34)15-20)26-7-8-27-25-6-5-21-16-22(32)10-12-30(21,2)28(25)11-13-31(26,27)3/h14-15,17,19,21-22,25-28,32-34H,4-13,16,18H2,1-3H3/t19-,21-,22-,25+,26-,27+,28+,30+,31-/m1/s1. The second kappa shape index (κ2) is 9.85. The minimum Gasteiger partial charge on any atom is -0.508 e. The Morgan fingerprint density at radius 1 is 0.972 bits per heavy atom. The van der Waals surface area contributed by atoms with Gasteiger partial charge in [-0.05, 0) is 128 Å². The summed E-state index contributed by atoms with van der Waals surface area (Å²) < 4.78 is 5.44. The number of hydrogen-bond donors (Lipinski definition) is 3. The number of fused-ring (bicyclic) bond motifs is 5. The van der Waals surface area contributed by atoms with E-state index in [1.165, 1.54) is 63.1 Å². The second-order valence-corrected chi connectivity index (χ2v) is 13.3. The van der Waals surface area contributed by atoms with Crippen LogP contribution in [-0.2, 0) is 16.1 Å². The molecule has 0 radical (unpaired) electrons. The zero-order chi connectivity index (χ0) is 25.7. The Morgan fingerprint density at radius 3 is 2.42 bits per heavy atom. The highest BCUT2D eigenvalue weighted by Gasteiger charge is 2.60. The molecule has 0 saturated heterocycles. The van der Waals surface area contributed by atoms with E-state index in [0.29, 0.717) is 40.6 Å². The first kappa shape index (κ1) is 25.9. The summed E-state index contributed by atoms with van der Waals surface area (Å²) in [6, 6.07) is 4.28. The summed E-state index contributed by atoms with van der Waals surface area (Å²) in [6.45, 7) is 7.53. The quantitative estimate of drug-likeness (QED) is 0.386. The van der Waals surface area contributed by atoms with Crippen LogP contribution in [-0.4, -0.2) is 27.4 Å². The van der Waals surface area contributed by atoms with Crippen molar-refractivity contribution in [3.63, 3.8) is 0 Å². The topological polar surface area (TPSA) is 87.0 Å². The van der Waals surface area contributed by atoms with Gasteiger partial charge >= 0.3 is 5.97 Å². The van der Waals surface area contributed by atoms with Gasteiger partial charge in [-0.1, -0.05) is 20.8 Å². The van der Waals surface area contributed by atoms with Gasteiger partial charge in [-0.3, -0.25) is 4.79 Å². The predicted molar refractivity (Wildman–Crippen MR) is 139 cm³/mol. The molecule has 0 spiro atoms. The predicted octanol–water partition coefficient (Wildman–Crippen LogP) is 6.58. The van der Waals surface area contributed by atoms with E-state index in [1.807, 2.05) is 0 Å². The van der Waals surface area contributed by atoms with Crippen LogP contribution in [0.3, 0.4) is 0 Å². The second-order valence-electron chi connectivity index (χ2n) is 13.3. The van der Waals surface area contributed by atoms with Gasteiger partial charge in [0.15, 0.2) is 0 Å². The number of rotatable bonds is 6. The van der Waals surface area contributed by atoms with Gasteiger partial charge in [0, 0.05) is 12.5 Å². The number of benzene rings is 1. The first-order valence-electron chi connectivity index (χ1n) is 14.5. The highest BCUT2D eigenvalue weighted by Crippen LogP contribution is 2.68. The molecule has 0 aromatic heterocycles. The minimum atomic E-state index is -0.209. The lowest BCUT2D eigenvalue weighted by molar-refractivity contribution is -0.145. The summed E-state index contributed by atoms with van der Waals surface area (Å²) in [7, 11) is 0. The molecule has 5 nitrogen and oxygen atoms in total. The third-order valence-corrected chi connectivity index (χ3v) is 11.6. The molecule has 200 valence electrons. The molecule has 36 heavy (non-hydrogen) atoms. The van der Waals surface area contributed by atoms with Crippen LogP contribution in [0.1, 0.15) is 97.0 Å². The van der Waals surface area contributed by atoms with E-state index in [2.05, 4.69) is 20.8 Å². The Hall–Kier alpha value is -1.75. The van der Waals surface area contributed by atoms with Crippen LogP contribution in [0, 0.1) is 46.3 Å². The fourth-order valence-corrected chi connectivity index (χ4v) is 9.73. The van der Waals surface area contributed by atoms with E-state index >= 15 is 0 Å². The maximum absolute atomic E-state index is 12.5. The van der Waals surface area contributed by atoms with Crippen LogP contribution in [0.25, 0.3) is 0 Å². The van der Waals surface area contributed by atoms with Crippen molar-refractivity contribution in [3.05, 3.63) is 23.8 Å². The normalized spacial score (nSPS) is 40.6. The molecular weight excluding hydrogens is 452 g/mol. The van der Waals surface area contributed by atoms with Crippen LogP contribution in [0.15, 0.2) is 18.2 Å². The van der Waals surface area contributed by atoms with Crippen molar-refractivity contribution < 1.29 is 24.9 Å². The summed E-state index contributed by atoms with van der Waals surface area (Å²) in [5, 5.41) is 29.5. The number of aliphatic hydroxyl groups excluding tert-OH is 1. The Kier molecular flexibility index (Phi) is 7.08. The number of aliphatic hydroxyl groups is 1. The van der Waals surface area contributed by atoms with Crippen LogP contribution < -0.4 is 0 Å². The number of phenols is 2. The van der Waals surface area contributed by atoms with Crippen molar-refractivity contribution in [2.24, 2.45) is 46.3 Å². The molecule has 4 saturated carbocycles. The molecule has 9 atom stereocenters. The van der Waals surface area contributed by atoms with Gasteiger partial charge in [0.05, 0.1) is 6.10 Å². The molecule has 0 amide bonds. The average Bonchev–Trinajstić information content (AvgIpc) is 3.18. The average molecular weight is 499 g/mol. The van der Waals surface area contributed by atoms with E-state index in [4.69, 9.17) is 4.74 Å². The number of carbonyl (C=O) groups excluding carboxylic acids is 1. The van der Waals surface area contributed by atoms with Gasteiger partial charge in [-0.2, -0.15) is 0 Å². The number of aromatic hydroxyl groups is 2. The number of esters is 1. The molecule has 0 aliphatic heterocycles. The molecular formula is C31H46O5. The van der Waals surface area contributed by atoms with Crippen molar-refractivity contribution in [1.29, 1.82) is 0 Å². The molecule has 0 heterocycles. The van der Waals surface area contributed by atoms with Crippen molar-refractivity contribution in [2.75, 3.05) is 0 Å². The van der Waals surface area contributed by atoms with Crippen molar-refractivity contribution in [3.8, 4) is 11.5 Å². The molecule has 3 N–H and O–H groups in total. The highest BCUT2D eigenvalue weighted by atomic mass is 16.5. The number of hydrogen-bond acceptors (Lipinski definition) is 5. The summed E-state index contributed by atoms with van der Waals surface area (Å²) in [5.41, 5.74) is 1.39. The molecule has 4 aliphatic carbocycles. The zero-order valence-electron chi connectivity index (χ0n) is 22.4. The SMILES string of the molecule is C[C@H](CCC(=O)OCc1cc(O)cc(O)c1)[C@H]1CC[C@H]2[C@@H]3CC[C@@H]4C[C@H](O)CC[C@]4(C)[C@H]3CC[C@]12C. The van der Waals surface area contributed by atoms with Crippen LogP contribution in [0.5, 0.6) is 11.5 Å². The third-order valence-electron chi connectivity index (χ3n) is 11.6. The van der Waals surface area contributed by atoms with Crippen molar-refractivity contribution in [2.45, 2.75) is 104 Å². The monoisotopic (exact) mass is 498 g/mol. The Bertz CT molecular complexity index is 940. The third kappa shape index (κ3) is 4.66. The first-order chi connectivity index (χ1) is 17.1. The molecule has 0 bridgehead atoms. The molecule has 1 aromatic rings. The summed E-state index contributed by atoms with van der Waals surface area (Å²) >= 11 is 0. The fourth-order valence-electron chi connectivity index (χ4n) is 9.73. The summed E-state index contributed by atoms with van der Waals surface area (Å²) in [5.74, 6) is 4.05. The zero-order valence-corrected chi connectivity index (χ0v) is 22.4. The van der Waals surface area contributed by atoms with Crippen molar-refractivity contribution >= 4 is 5.97 Å². The van der Waals surface area contributed by atoms with Gasteiger partial charge in [-0.15, -0.1) is 0 Å². The summed E-state index contributed by atoms with van der Waals surface area (Å²) in [6.07, 6.45) is 12.3. The lowest BCUT2D eigenvalue weighted by atomic mass is 9.44. The minimum absolute atomic E-state index is 0.0306. The lowest BCUT2D eigenvalue weighted by Crippen LogP contribution is -2.54. The number of phenolic OH excluding ortho intramolecular Hbond substituents is 2. The first-order valence-corrected chi connectivity index (χ1v) is 14.5. The molecule has 1 aromatic carbocycles. The maximum Gasteiger partial charge on any atom is 0.306 e. The van der Waals surface area contributed by atoms with Gasteiger partial charge in [-0.25, -0.2) is 0 Å². The van der Waals surface area contributed by atoms with Crippen LogP contribution in [0.4, 0.5) is 0 Å². The lowest BCUT2D eigenvalue weighted by Gasteiger charge is -2.61. The van der Waals surface area contributed by atoms with Crippen molar-refractivity contribution in [1.82, 2.24) is 0 Å². The number of ether oxygens (including phenoxy) is 1. The van der Waals surface area contributed by atoms with E-state index < -0.39 is 0 Å². The molecule has 5 rings (SSSR count). The summed E-state index contributed by atoms with van der Waals surface area (Å²) in [4.78, 5) is 12.5. The maximum atomic E-state index is 12.5. The largest absolute Gasteiger partial charge is 0.508 e.